The predicted octanol–water partition coefficient (Wildman–Crippen LogP) is 3.58. The Bertz CT molecular complexity index is 675. The quantitative estimate of drug-likeness (QED) is 0.273. The number of rotatable bonds is 6. The molecular weight excluding hydrogens is 472 g/mol. The fraction of sp³-hybridized carbons (Fsp3) is 0.444. The Balaban J connectivity index is 0.00000676. The average molecular weight is 498 g/mol. The molecule has 0 spiro atoms. The second kappa shape index (κ2) is 11.2. The van der Waals surface area contributed by atoms with Gasteiger partial charge in [-0.1, -0.05) is 24.3 Å². The van der Waals surface area contributed by atoms with Crippen LogP contribution in [0.5, 0.6) is 0 Å². The first-order chi connectivity index (χ1) is 12.0. The van der Waals surface area contributed by atoms with Crippen LogP contribution in [0.25, 0.3) is 0 Å². The third-order valence-corrected chi connectivity index (χ3v) is 3.50. The second-order valence-corrected chi connectivity index (χ2v) is 6.25. The van der Waals surface area contributed by atoms with Crippen LogP contribution in [0.2, 0.25) is 0 Å². The summed E-state index contributed by atoms with van der Waals surface area (Å²) in [6.45, 7) is 7.68. The number of hydrogen-bond donors (Lipinski definition) is 2. The van der Waals surface area contributed by atoms with Crippen LogP contribution in [0.1, 0.15) is 31.0 Å². The zero-order valence-corrected chi connectivity index (χ0v) is 18.2. The summed E-state index contributed by atoms with van der Waals surface area (Å²) in [7, 11) is 3.25. The van der Waals surface area contributed by atoms with Gasteiger partial charge in [0.05, 0.1) is 11.6 Å². The van der Waals surface area contributed by atoms with Crippen LogP contribution in [0, 0.1) is 0 Å². The van der Waals surface area contributed by atoms with E-state index in [1.807, 2.05) is 6.92 Å². The molecule has 9 heteroatoms. The molecule has 1 aromatic rings. The highest BCUT2D eigenvalue weighted by Crippen LogP contribution is 2.30. The topological polar surface area (TPSA) is 56.7 Å². The molecule has 1 amide bonds. The summed E-state index contributed by atoms with van der Waals surface area (Å²) in [5.41, 5.74) is 0.605. The van der Waals surface area contributed by atoms with E-state index < -0.39 is 17.8 Å². The Morgan fingerprint density at radius 1 is 1.33 bits per heavy atom. The van der Waals surface area contributed by atoms with Crippen molar-refractivity contribution in [2.24, 2.45) is 4.99 Å². The number of benzene rings is 1. The van der Waals surface area contributed by atoms with Gasteiger partial charge in [0.2, 0.25) is 5.91 Å². The Morgan fingerprint density at radius 2 is 1.96 bits per heavy atom. The number of amides is 1. The minimum absolute atomic E-state index is 0. The molecule has 152 valence electrons. The molecule has 1 aromatic carbocycles. The third-order valence-electron chi connectivity index (χ3n) is 3.50. The summed E-state index contributed by atoms with van der Waals surface area (Å²) in [5.74, 6) is 0.140. The number of nitrogens with zero attached hydrogens (tertiary/aromatic N) is 2. The number of guanidine groups is 1. The highest BCUT2D eigenvalue weighted by molar-refractivity contribution is 14.0. The van der Waals surface area contributed by atoms with Crippen molar-refractivity contribution in [2.75, 3.05) is 27.2 Å². The zero-order valence-electron chi connectivity index (χ0n) is 15.9. The van der Waals surface area contributed by atoms with E-state index in [0.717, 1.165) is 17.7 Å². The largest absolute Gasteiger partial charge is 0.416 e. The SMILES string of the molecule is C=C(C)CNC(=NCC(=O)N(C)C)NC(C)c1cccc(C(F)(F)F)c1.I. The maximum absolute atomic E-state index is 12.9. The van der Waals surface area contributed by atoms with Gasteiger partial charge in [-0.05, 0) is 31.5 Å². The van der Waals surface area contributed by atoms with Crippen molar-refractivity contribution in [1.82, 2.24) is 15.5 Å². The molecule has 27 heavy (non-hydrogen) atoms. The second-order valence-electron chi connectivity index (χ2n) is 6.25. The van der Waals surface area contributed by atoms with Crippen molar-refractivity contribution in [3.05, 3.63) is 47.5 Å². The zero-order chi connectivity index (χ0) is 19.9. The van der Waals surface area contributed by atoms with Crippen LogP contribution < -0.4 is 10.6 Å². The lowest BCUT2D eigenvalue weighted by Gasteiger charge is -2.20. The van der Waals surface area contributed by atoms with Crippen molar-refractivity contribution >= 4 is 35.8 Å². The fourth-order valence-electron chi connectivity index (χ4n) is 1.95. The number of carbonyl (C=O) groups excluding carboxylic acids is 1. The summed E-state index contributed by atoms with van der Waals surface area (Å²) >= 11 is 0. The van der Waals surface area contributed by atoms with E-state index >= 15 is 0 Å². The van der Waals surface area contributed by atoms with Gasteiger partial charge in [0.25, 0.3) is 0 Å². The summed E-state index contributed by atoms with van der Waals surface area (Å²) in [6.07, 6.45) is -4.40. The van der Waals surface area contributed by atoms with Crippen molar-refractivity contribution in [1.29, 1.82) is 0 Å². The van der Waals surface area contributed by atoms with E-state index in [9.17, 15) is 18.0 Å². The van der Waals surface area contributed by atoms with Gasteiger partial charge >= 0.3 is 6.18 Å². The van der Waals surface area contributed by atoms with Gasteiger partial charge in [-0.2, -0.15) is 13.2 Å². The van der Waals surface area contributed by atoms with Gasteiger partial charge in [0, 0.05) is 20.6 Å². The van der Waals surface area contributed by atoms with Crippen LogP contribution in [-0.4, -0.2) is 44.0 Å². The molecule has 0 fully saturated rings. The number of halogens is 4. The van der Waals surface area contributed by atoms with Crippen LogP contribution in [0.4, 0.5) is 13.2 Å². The molecule has 1 atom stereocenters. The van der Waals surface area contributed by atoms with Gasteiger partial charge < -0.3 is 15.5 Å². The Kier molecular flexibility index (Phi) is 10.4. The van der Waals surface area contributed by atoms with Gasteiger partial charge in [-0.3, -0.25) is 4.79 Å². The monoisotopic (exact) mass is 498 g/mol. The van der Waals surface area contributed by atoms with E-state index in [1.54, 1.807) is 27.1 Å². The highest BCUT2D eigenvalue weighted by atomic mass is 127. The van der Waals surface area contributed by atoms with E-state index in [1.165, 1.54) is 11.0 Å². The summed E-state index contributed by atoms with van der Waals surface area (Å²) in [6, 6.07) is 4.65. The Hall–Kier alpha value is -1.78. The van der Waals surface area contributed by atoms with E-state index in [2.05, 4.69) is 22.2 Å². The maximum Gasteiger partial charge on any atom is 0.416 e. The van der Waals surface area contributed by atoms with Crippen LogP contribution in [0.3, 0.4) is 0 Å². The number of alkyl halides is 3. The number of hydrogen-bond acceptors (Lipinski definition) is 2. The van der Waals surface area contributed by atoms with E-state index in [-0.39, 0.29) is 36.4 Å². The minimum atomic E-state index is -4.40. The minimum Gasteiger partial charge on any atom is -0.353 e. The van der Waals surface area contributed by atoms with Gasteiger partial charge in [-0.15, -0.1) is 24.0 Å². The van der Waals surface area contributed by atoms with Gasteiger partial charge in [0.15, 0.2) is 5.96 Å². The van der Waals surface area contributed by atoms with E-state index in [0.29, 0.717) is 18.1 Å². The molecule has 2 N–H and O–H groups in total. The molecule has 0 aliphatic heterocycles. The lowest BCUT2D eigenvalue weighted by molar-refractivity contribution is -0.137. The van der Waals surface area contributed by atoms with Crippen molar-refractivity contribution in [2.45, 2.75) is 26.1 Å². The molecular formula is C18H26F3IN4O. The van der Waals surface area contributed by atoms with Crippen molar-refractivity contribution in [3.63, 3.8) is 0 Å². The summed E-state index contributed by atoms with van der Waals surface area (Å²) < 4.78 is 38.6. The smallest absolute Gasteiger partial charge is 0.353 e. The predicted molar refractivity (Wildman–Crippen MR) is 112 cm³/mol. The highest BCUT2D eigenvalue weighted by Gasteiger charge is 2.30. The first-order valence-electron chi connectivity index (χ1n) is 8.07. The van der Waals surface area contributed by atoms with Crippen LogP contribution in [0.15, 0.2) is 41.4 Å². The molecule has 0 bridgehead atoms. The molecule has 1 rings (SSSR count). The lowest BCUT2D eigenvalue weighted by Crippen LogP contribution is -2.40. The molecule has 0 radical (unpaired) electrons. The Labute approximate surface area is 175 Å². The third kappa shape index (κ3) is 9.12. The molecule has 5 nitrogen and oxygen atoms in total. The lowest BCUT2D eigenvalue weighted by atomic mass is 10.1. The normalized spacial score (nSPS) is 12.6. The molecule has 1 unspecified atom stereocenters. The molecule has 0 aliphatic carbocycles. The first-order valence-corrected chi connectivity index (χ1v) is 8.07. The molecule has 0 aromatic heterocycles. The average Bonchev–Trinajstić information content (AvgIpc) is 2.55. The standard InChI is InChI=1S/C18H25F3N4O.HI/c1-12(2)10-22-17(23-11-16(26)25(4)5)24-13(3)14-7-6-8-15(9-14)18(19,20)21;/h6-9,13H,1,10-11H2,2-5H3,(H2,22,23,24);1H. The number of nitrogens with one attached hydrogen (secondary N) is 2. The fourth-order valence-corrected chi connectivity index (χ4v) is 1.95. The number of likely N-dealkylation sites (N-methyl/N-ethyl adjacent to an activating group) is 1. The molecule has 0 heterocycles. The number of carbonyl (C=O) groups is 1. The Morgan fingerprint density at radius 3 is 2.48 bits per heavy atom. The maximum atomic E-state index is 12.9. The van der Waals surface area contributed by atoms with Gasteiger partial charge in [0.1, 0.15) is 6.54 Å². The van der Waals surface area contributed by atoms with Crippen molar-refractivity contribution < 1.29 is 18.0 Å². The van der Waals surface area contributed by atoms with Crippen molar-refractivity contribution in [3.8, 4) is 0 Å². The van der Waals surface area contributed by atoms with Gasteiger partial charge in [-0.25, -0.2) is 4.99 Å². The number of aliphatic imine (C=N–C) groups is 1. The van der Waals surface area contributed by atoms with E-state index in [4.69, 9.17) is 0 Å². The molecule has 0 saturated carbocycles. The summed E-state index contributed by atoms with van der Waals surface area (Å²) in [4.78, 5) is 17.3. The first kappa shape index (κ1) is 25.2. The molecule has 0 aliphatic rings. The molecule has 0 saturated heterocycles. The van der Waals surface area contributed by atoms with Crippen LogP contribution in [-0.2, 0) is 11.0 Å². The summed E-state index contributed by atoms with van der Waals surface area (Å²) in [5, 5.41) is 6.03. The van der Waals surface area contributed by atoms with Crippen LogP contribution >= 0.6 is 24.0 Å².